The van der Waals surface area contributed by atoms with Crippen LogP contribution in [0.2, 0.25) is 0 Å². The molecule has 0 saturated carbocycles. The summed E-state index contributed by atoms with van der Waals surface area (Å²) in [5.74, 6) is 0. The van der Waals surface area contributed by atoms with Gasteiger partial charge in [-0.1, -0.05) is 17.3 Å². The maximum atomic E-state index is 12.9. The van der Waals surface area contributed by atoms with Crippen LogP contribution in [-0.4, -0.2) is 19.9 Å². The molecule has 0 bridgehead atoms. The molecule has 0 N–H and O–H groups in total. The molecule has 0 radical (unpaired) electrons. The van der Waals surface area contributed by atoms with Crippen LogP contribution in [0.1, 0.15) is 11.1 Å². The standard InChI is InChI=1S/C16H8F3N5O2/c17-16(18,19)11-4-5-14-15(8-11)23(22-21-14)13(9-20)7-10-2-1-3-12(6-10)24(25)26/h1-8H/b13-7+. The smallest absolute Gasteiger partial charge is 0.258 e. The van der Waals surface area contributed by atoms with E-state index in [1.54, 1.807) is 0 Å². The van der Waals surface area contributed by atoms with Crippen LogP contribution in [0.15, 0.2) is 42.5 Å². The molecule has 0 atom stereocenters. The summed E-state index contributed by atoms with van der Waals surface area (Å²) in [6.45, 7) is 0. The molecule has 1 heterocycles. The van der Waals surface area contributed by atoms with E-state index in [-0.39, 0.29) is 22.4 Å². The average Bonchev–Trinajstić information content (AvgIpc) is 3.02. The van der Waals surface area contributed by atoms with E-state index in [2.05, 4.69) is 10.3 Å². The van der Waals surface area contributed by atoms with Crippen molar-refractivity contribution in [3.05, 3.63) is 63.7 Å². The number of hydrogen-bond donors (Lipinski definition) is 0. The van der Waals surface area contributed by atoms with Crippen molar-refractivity contribution in [1.82, 2.24) is 15.0 Å². The second-order valence-corrected chi connectivity index (χ2v) is 5.20. The number of benzene rings is 2. The topological polar surface area (TPSA) is 97.6 Å². The summed E-state index contributed by atoms with van der Waals surface area (Å²) in [4.78, 5) is 10.2. The van der Waals surface area contributed by atoms with Crippen molar-refractivity contribution >= 4 is 28.5 Å². The zero-order valence-electron chi connectivity index (χ0n) is 12.8. The molecule has 130 valence electrons. The van der Waals surface area contributed by atoms with Crippen molar-refractivity contribution in [2.24, 2.45) is 0 Å². The number of alkyl halides is 3. The molecule has 0 amide bonds. The first-order valence-electron chi connectivity index (χ1n) is 7.09. The van der Waals surface area contributed by atoms with Crippen molar-refractivity contribution in [3.63, 3.8) is 0 Å². The van der Waals surface area contributed by atoms with Gasteiger partial charge in [-0.3, -0.25) is 10.1 Å². The monoisotopic (exact) mass is 359 g/mol. The van der Waals surface area contributed by atoms with Gasteiger partial charge in [-0.05, 0) is 29.8 Å². The fourth-order valence-electron chi connectivity index (χ4n) is 2.30. The molecule has 0 unspecified atom stereocenters. The molecule has 3 rings (SSSR count). The van der Waals surface area contributed by atoms with Gasteiger partial charge in [0.2, 0.25) is 0 Å². The molecule has 10 heteroatoms. The Bertz CT molecular complexity index is 1080. The minimum Gasteiger partial charge on any atom is -0.258 e. The van der Waals surface area contributed by atoms with Gasteiger partial charge in [0.1, 0.15) is 17.3 Å². The number of nitro benzene ring substituents is 1. The van der Waals surface area contributed by atoms with Crippen LogP contribution < -0.4 is 0 Å². The van der Waals surface area contributed by atoms with Crippen LogP contribution in [0.3, 0.4) is 0 Å². The highest BCUT2D eigenvalue weighted by molar-refractivity contribution is 5.86. The number of hydrogen-bond acceptors (Lipinski definition) is 5. The van der Waals surface area contributed by atoms with Crippen molar-refractivity contribution in [3.8, 4) is 6.07 Å². The summed E-state index contributed by atoms with van der Waals surface area (Å²) >= 11 is 0. The van der Waals surface area contributed by atoms with Gasteiger partial charge in [0.15, 0.2) is 0 Å². The Labute approximate surface area is 143 Å². The van der Waals surface area contributed by atoms with Gasteiger partial charge in [-0.25, -0.2) is 4.68 Å². The number of nitriles is 1. The fraction of sp³-hybridized carbons (Fsp3) is 0.0625. The van der Waals surface area contributed by atoms with E-state index >= 15 is 0 Å². The molecule has 0 saturated heterocycles. The minimum atomic E-state index is -4.56. The third-order valence-electron chi connectivity index (χ3n) is 3.50. The molecule has 0 fully saturated rings. The molecule has 2 aromatic carbocycles. The van der Waals surface area contributed by atoms with E-state index in [9.17, 15) is 28.5 Å². The fourth-order valence-corrected chi connectivity index (χ4v) is 2.30. The number of halogens is 3. The Morgan fingerprint density at radius 3 is 2.69 bits per heavy atom. The van der Waals surface area contributed by atoms with Crippen LogP contribution in [0.25, 0.3) is 22.8 Å². The highest BCUT2D eigenvalue weighted by Gasteiger charge is 2.31. The zero-order valence-corrected chi connectivity index (χ0v) is 12.8. The second kappa shape index (κ2) is 6.29. The summed E-state index contributed by atoms with van der Waals surface area (Å²) in [6.07, 6.45) is -3.28. The van der Waals surface area contributed by atoms with E-state index in [4.69, 9.17) is 0 Å². The second-order valence-electron chi connectivity index (χ2n) is 5.20. The molecule has 0 aliphatic rings. The summed E-state index contributed by atoms with van der Waals surface area (Å²) in [5.41, 5.74) is -0.713. The summed E-state index contributed by atoms with van der Waals surface area (Å²) in [5, 5.41) is 27.7. The van der Waals surface area contributed by atoms with E-state index in [1.165, 1.54) is 30.3 Å². The first-order chi connectivity index (χ1) is 12.3. The number of aromatic nitrogens is 3. The van der Waals surface area contributed by atoms with E-state index in [0.29, 0.717) is 5.56 Å². The third kappa shape index (κ3) is 3.23. The lowest BCUT2D eigenvalue weighted by Crippen LogP contribution is -2.05. The summed E-state index contributed by atoms with van der Waals surface area (Å²) in [7, 11) is 0. The Morgan fingerprint density at radius 1 is 1.27 bits per heavy atom. The third-order valence-corrected chi connectivity index (χ3v) is 3.50. The van der Waals surface area contributed by atoms with Crippen LogP contribution >= 0.6 is 0 Å². The van der Waals surface area contributed by atoms with Gasteiger partial charge in [0.05, 0.1) is 16.0 Å². The minimum absolute atomic E-state index is 0.00180. The molecule has 0 aliphatic heterocycles. The Hall–Kier alpha value is -3.74. The highest BCUT2D eigenvalue weighted by atomic mass is 19.4. The van der Waals surface area contributed by atoms with Crippen molar-refractivity contribution in [1.29, 1.82) is 5.26 Å². The number of nitro groups is 1. The molecule has 26 heavy (non-hydrogen) atoms. The lowest BCUT2D eigenvalue weighted by Gasteiger charge is -2.06. The maximum absolute atomic E-state index is 12.9. The SMILES string of the molecule is N#C/C(=C\c1cccc([N+](=O)[O-])c1)n1nnc2ccc(C(F)(F)F)cc21. The number of fused-ring (bicyclic) bond motifs is 1. The average molecular weight is 359 g/mol. The van der Waals surface area contributed by atoms with Gasteiger partial charge < -0.3 is 0 Å². The lowest BCUT2D eigenvalue weighted by molar-refractivity contribution is -0.384. The van der Waals surface area contributed by atoms with Crippen molar-refractivity contribution in [2.75, 3.05) is 0 Å². The zero-order chi connectivity index (χ0) is 18.9. The van der Waals surface area contributed by atoms with E-state index < -0.39 is 16.7 Å². The van der Waals surface area contributed by atoms with Crippen LogP contribution in [0, 0.1) is 21.4 Å². The Balaban J connectivity index is 2.13. The molecule has 1 aromatic heterocycles. The predicted octanol–water partition coefficient (Wildman–Crippen LogP) is 3.88. The Kier molecular flexibility index (Phi) is 4.13. The van der Waals surface area contributed by atoms with Gasteiger partial charge in [0.25, 0.3) is 5.69 Å². The molecule has 3 aromatic rings. The summed E-state index contributed by atoms with van der Waals surface area (Å²) in [6, 6.07) is 10.2. The van der Waals surface area contributed by atoms with E-state index in [1.807, 2.05) is 6.07 Å². The van der Waals surface area contributed by atoms with Crippen LogP contribution in [0.4, 0.5) is 18.9 Å². The van der Waals surface area contributed by atoms with Gasteiger partial charge in [0, 0.05) is 12.1 Å². The number of rotatable bonds is 3. The normalized spacial score (nSPS) is 12.2. The lowest BCUT2D eigenvalue weighted by atomic mass is 10.1. The number of non-ortho nitro benzene ring substituents is 1. The van der Waals surface area contributed by atoms with E-state index in [0.717, 1.165) is 22.9 Å². The quantitative estimate of drug-likeness (QED) is 0.401. The summed E-state index contributed by atoms with van der Waals surface area (Å²) < 4.78 is 39.7. The predicted molar refractivity (Wildman–Crippen MR) is 85.4 cm³/mol. The molecule has 0 spiro atoms. The highest BCUT2D eigenvalue weighted by Crippen LogP contribution is 2.31. The maximum Gasteiger partial charge on any atom is 0.416 e. The largest absolute Gasteiger partial charge is 0.416 e. The molecular formula is C16H8F3N5O2. The van der Waals surface area contributed by atoms with Crippen LogP contribution in [-0.2, 0) is 6.18 Å². The van der Waals surface area contributed by atoms with Gasteiger partial charge in [-0.2, -0.15) is 18.4 Å². The molecule has 7 nitrogen and oxygen atoms in total. The molecule has 0 aliphatic carbocycles. The van der Waals surface area contributed by atoms with Crippen molar-refractivity contribution in [2.45, 2.75) is 6.18 Å². The van der Waals surface area contributed by atoms with Crippen LogP contribution in [0.5, 0.6) is 0 Å². The van der Waals surface area contributed by atoms with Crippen molar-refractivity contribution < 1.29 is 18.1 Å². The Morgan fingerprint density at radius 2 is 2.04 bits per heavy atom. The first kappa shape index (κ1) is 17.1. The number of allylic oxidation sites excluding steroid dienone is 1. The number of nitrogens with zero attached hydrogens (tertiary/aromatic N) is 5. The van der Waals surface area contributed by atoms with Gasteiger partial charge in [-0.15, -0.1) is 5.10 Å². The van der Waals surface area contributed by atoms with Gasteiger partial charge >= 0.3 is 6.18 Å². The first-order valence-corrected chi connectivity index (χ1v) is 7.09. The molecular weight excluding hydrogens is 351 g/mol.